The zero-order valence-electron chi connectivity index (χ0n) is 9.62. The first-order valence-electron chi connectivity index (χ1n) is 4.90. The van der Waals surface area contributed by atoms with Gasteiger partial charge < -0.3 is 9.84 Å². The van der Waals surface area contributed by atoms with E-state index in [9.17, 15) is 26.8 Å². The molecule has 10 heteroatoms. The lowest BCUT2D eigenvalue weighted by molar-refractivity contribution is -0.00963. The molecule has 0 unspecified atom stereocenters. The number of benzene rings is 1. The highest BCUT2D eigenvalue weighted by Crippen LogP contribution is 2.21. The molecule has 0 spiro atoms. The molecule has 0 aliphatic rings. The molecule has 0 aliphatic heterocycles. The van der Waals surface area contributed by atoms with Crippen LogP contribution < -0.4 is 0 Å². The van der Waals surface area contributed by atoms with E-state index in [-0.39, 0.29) is 0 Å². The van der Waals surface area contributed by atoms with Crippen LogP contribution in [0.1, 0.15) is 20.7 Å². The molecule has 1 aromatic carbocycles. The third kappa shape index (κ3) is 3.48. The van der Waals surface area contributed by atoms with E-state index in [1.807, 2.05) is 0 Å². The largest absolute Gasteiger partial charge is 0.478 e. The third-order valence-electron chi connectivity index (χ3n) is 2.13. The Labute approximate surface area is 111 Å². The second kappa shape index (κ2) is 5.51. The number of carboxylic acid groups (broad SMARTS) is 1. The summed E-state index contributed by atoms with van der Waals surface area (Å²) in [6.45, 7) is -1.93. The van der Waals surface area contributed by atoms with Crippen LogP contribution in [0.3, 0.4) is 0 Å². The van der Waals surface area contributed by atoms with Crippen LogP contribution in [0.25, 0.3) is 0 Å². The number of rotatable bonds is 5. The van der Waals surface area contributed by atoms with E-state index in [1.165, 1.54) is 12.1 Å². The molecule has 0 amide bonds. The van der Waals surface area contributed by atoms with Gasteiger partial charge in [-0.25, -0.2) is 9.59 Å². The van der Waals surface area contributed by atoms with Crippen LogP contribution >= 0.6 is 0 Å². The molecule has 0 fully saturated rings. The lowest BCUT2D eigenvalue weighted by Gasteiger charge is -2.13. The molecule has 0 radical (unpaired) electrons. The maximum Gasteiger partial charge on any atom is 0.402 e. The molecule has 0 aromatic heterocycles. The van der Waals surface area contributed by atoms with Crippen LogP contribution in [0.2, 0.25) is 0 Å². The Bertz CT molecular complexity index is 639. The van der Waals surface area contributed by atoms with Crippen molar-refractivity contribution >= 4 is 22.1 Å². The minimum absolute atomic E-state index is 0.493. The number of hydrogen-bond acceptors (Lipinski definition) is 5. The molecule has 1 rings (SSSR count). The molecule has 0 bridgehead atoms. The third-order valence-corrected chi connectivity index (χ3v) is 3.00. The summed E-state index contributed by atoms with van der Waals surface area (Å²) < 4.78 is 58.5. The summed E-state index contributed by atoms with van der Waals surface area (Å²) in [5.74, 6) is -2.94. The molecule has 2 N–H and O–H groups in total. The maximum absolute atomic E-state index is 12.8. The van der Waals surface area contributed by atoms with Crippen molar-refractivity contribution in [3.05, 3.63) is 35.4 Å². The highest BCUT2D eigenvalue weighted by Gasteiger charge is 2.45. The summed E-state index contributed by atoms with van der Waals surface area (Å²) in [5.41, 5.74) is -1.01. The molecule has 0 aliphatic carbocycles. The minimum atomic E-state index is -5.73. The van der Waals surface area contributed by atoms with Gasteiger partial charge >= 0.3 is 27.3 Å². The van der Waals surface area contributed by atoms with E-state index in [4.69, 9.17) is 9.66 Å². The van der Waals surface area contributed by atoms with Crippen LogP contribution in [0.15, 0.2) is 24.3 Å². The van der Waals surface area contributed by atoms with Gasteiger partial charge in [0, 0.05) is 0 Å². The van der Waals surface area contributed by atoms with E-state index in [2.05, 4.69) is 4.74 Å². The normalized spacial score (nSPS) is 11.9. The number of aromatic carboxylic acids is 1. The molecule has 110 valence electrons. The Morgan fingerprint density at radius 3 is 2.15 bits per heavy atom. The van der Waals surface area contributed by atoms with Crippen molar-refractivity contribution in [3.63, 3.8) is 0 Å². The van der Waals surface area contributed by atoms with Gasteiger partial charge in [-0.3, -0.25) is 4.55 Å². The molecule has 0 atom stereocenters. The summed E-state index contributed by atoms with van der Waals surface area (Å²) in [7, 11) is -5.73. The Kier molecular flexibility index (Phi) is 4.40. The molecule has 20 heavy (non-hydrogen) atoms. The fourth-order valence-electron chi connectivity index (χ4n) is 1.15. The maximum atomic E-state index is 12.8. The summed E-state index contributed by atoms with van der Waals surface area (Å²) in [6, 6.07) is 4.62. The molecule has 0 heterocycles. The second-order valence-electron chi connectivity index (χ2n) is 3.54. The Morgan fingerprint density at radius 1 is 1.20 bits per heavy atom. The zero-order chi connectivity index (χ0) is 15.6. The Morgan fingerprint density at radius 2 is 1.70 bits per heavy atom. The Balaban J connectivity index is 2.92. The van der Waals surface area contributed by atoms with Crippen molar-refractivity contribution in [1.82, 2.24) is 0 Å². The van der Waals surface area contributed by atoms with E-state index in [0.717, 1.165) is 12.1 Å². The van der Waals surface area contributed by atoms with Gasteiger partial charge in [-0.15, -0.1) is 0 Å². The van der Waals surface area contributed by atoms with Crippen LogP contribution in [0.4, 0.5) is 8.78 Å². The number of carbonyl (C=O) groups excluding carboxylic acids is 1. The fourth-order valence-corrected chi connectivity index (χ4v) is 1.36. The van der Waals surface area contributed by atoms with Crippen molar-refractivity contribution in [2.24, 2.45) is 0 Å². The molecule has 1 aromatic rings. The van der Waals surface area contributed by atoms with Crippen molar-refractivity contribution < 1.29 is 41.2 Å². The van der Waals surface area contributed by atoms with Crippen molar-refractivity contribution in [2.75, 3.05) is 6.61 Å². The van der Waals surface area contributed by atoms with Gasteiger partial charge in [0.2, 0.25) is 0 Å². The minimum Gasteiger partial charge on any atom is -0.478 e. The van der Waals surface area contributed by atoms with Crippen LogP contribution in [0, 0.1) is 0 Å². The van der Waals surface area contributed by atoms with Gasteiger partial charge in [0.1, 0.15) is 0 Å². The number of carbonyl (C=O) groups is 2. The van der Waals surface area contributed by atoms with E-state index in [1.54, 1.807) is 0 Å². The molecular formula is C10H8F2O7S. The van der Waals surface area contributed by atoms with Crippen LogP contribution in [-0.2, 0) is 14.9 Å². The summed E-state index contributed by atoms with van der Waals surface area (Å²) >= 11 is 0. The highest BCUT2D eigenvalue weighted by atomic mass is 32.2. The first kappa shape index (κ1) is 16.0. The highest BCUT2D eigenvalue weighted by molar-refractivity contribution is 7.86. The van der Waals surface area contributed by atoms with Crippen molar-refractivity contribution in [1.29, 1.82) is 0 Å². The molecular weight excluding hydrogens is 302 g/mol. The Hall–Kier alpha value is -2.07. The predicted octanol–water partition coefficient (Wildman–Crippen LogP) is 1.02. The molecule has 7 nitrogen and oxygen atoms in total. The lowest BCUT2D eigenvalue weighted by atomic mass is 10.1. The van der Waals surface area contributed by atoms with Gasteiger partial charge in [-0.05, 0) is 12.1 Å². The van der Waals surface area contributed by atoms with E-state index >= 15 is 0 Å². The first-order chi connectivity index (χ1) is 9.06. The summed E-state index contributed by atoms with van der Waals surface area (Å²) in [4.78, 5) is 22.2. The topological polar surface area (TPSA) is 118 Å². The van der Waals surface area contributed by atoms with E-state index < -0.39 is 45.0 Å². The van der Waals surface area contributed by atoms with Gasteiger partial charge in [0.15, 0.2) is 6.61 Å². The number of hydrogen-bond donors (Lipinski definition) is 2. The smallest absolute Gasteiger partial charge is 0.402 e. The fraction of sp³-hybridized carbons (Fsp3) is 0.200. The van der Waals surface area contributed by atoms with Crippen LogP contribution in [-0.4, -0.2) is 41.9 Å². The average Bonchev–Trinajstić information content (AvgIpc) is 2.34. The van der Waals surface area contributed by atoms with Crippen molar-refractivity contribution in [3.8, 4) is 0 Å². The first-order valence-corrected chi connectivity index (χ1v) is 6.34. The van der Waals surface area contributed by atoms with Gasteiger partial charge in [0.05, 0.1) is 11.1 Å². The van der Waals surface area contributed by atoms with Gasteiger partial charge in [-0.2, -0.15) is 17.2 Å². The summed E-state index contributed by atoms with van der Waals surface area (Å²) in [5, 5.41) is 4.10. The summed E-state index contributed by atoms with van der Waals surface area (Å²) in [6.07, 6.45) is 0. The number of halogens is 2. The second-order valence-corrected chi connectivity index (χ2v) is 5.09. The lowest BCUT2D eigenvalue weighted by Crippen LogP contribution is -2.34. The van der Waals surface area contributed by atoms with Crippen molar-refractivity contribution in [2.45, 2.75) is 5.25 Å². The number of ether oxygens (including phenoxy) is 1. The standard InChI is InChI=1S/C10H8F2O7S/c11-10(12,20(16,17)18)5-19-9(15)7-4-2-1-3-6(7)8(13)14/h1-4H,5H2,(H,13,14)(H,16,17,18). The zero-order valence-corrected chi connectivity index (χ0v) is 10.4. The number of esters is 1. The average molecular weight is 310 g/mol. The van der Waals surface area contributed by atoms with Crippen LogP contribution in [0.5, 0.6) is 0 Å². The van der Waals surface area contributed by atoms with Gasteiger partial charge in [0.25, 0.3) is 0 Å². The number of carboxylic acids is 1. The monoisotopic (exact) mass is 310 g/mol. The predicted molar refractivity (Wildman–Crippen MR) is 60.2 cm³/mol. The van der Waals surface area contributed by atoms with Gasteiger partial charge in [-0.1, -0.05) is 12.1 Å². The SMILES string of the molecule is O=C(O)c1ccccc1C(=O)OCC(F)(F)S(=O)(=O)O. The van der Waals surface area contributed by atoms with E-state index in [0.29, 0.717) is 0 Å². The molecule has 0 saturated carbocycles. The number of alkyl halides is 2. The molecule has 0 saturated heterocycles. The quantitative estimate of drug-likeness (QED) is 0.615.